The van der Waals surface area contributed by atoms with Crippen LogP contribution in [0.5, 0.6) is 11.5 Å². The quantitative estimate of drug-likeness (QED) is 0.639. The fourth-order valence-electron chi connectivity index (χ4n) is 4.09. The van der Waals surface area contributed by atoms with Gasteiger partial charge in [-0.05, 0) is 30.7 Å². The molecule has 1 amide bonds. The molecule has 1 saturated heterocycles. The molecule has 0 aliphatic carbocycles. The van der Waals surface area contributed by atoms with Gasteiger partial charge in [0.15, 0.2) is 11.5 Å². The van der Waals surface area contributed by atoms with Crippen LogP contribution in [0.4, 0.5) is 0 Å². The molecule has 2 aliphatic rings. The first-order valence-electron chi connectivity index (χ1n) is 10.5. The monoisotopic (exact) mass is 420 g/mol. The summed E-state index contributed by atoms with van der Waals surface area (Å²) >= 11 is 0. The number of carbonyl (C=O) groups is 1. The number of piperazine rings is 1. The number of rotatable bonds is 3. The Hall–Kier alpha value is -3.39. The highest BCUT2D eigenvalue weighted by Gasteiger charge is 2.32. The van der Waals surface area contributed by atoms with Crippen LogP contribution in [0.15, 0.2) is 53.5 Å². The fraction of sp³-hybridized carbons (Fsp3) is 0.348. The Bertz CT molecular complexity index is 1180. The SMILES string of the molecule is Cc1cccn2c(=O)cc(CN3CCN(C(=O)[C@H]4COc5ccccc5O4)CC3)nc12. The molecule has 0 bridgehead atoms. The molecule has 0 saturated carbocycles. The maximum atomic E-state index is 12.9. The minimum absolute atomic E-state index is 0.0492. The summed E-state index contributed by atoms with van der Waals surface area (Å²) in [6.07, 6.45) is 1.12. The normalized spacial score (nSPS) is 18.9. The lowest BCUT2D eigenvalue weighted by Crippen LogP contribution is -2.53. The molecule has 2 aliphatic heterocycles. The summed E-state index contributed by atoms with van der Waals surface area (Å²) in [5, 5.41) is 0. The highest BCUT2D eigenvalue weighted by Crippen LogP contribution is 2.31. The number of aryl methyl sites for hydroxylation is 1. The first-order valence-corrected chi connectivity index (χ1v) is 10.5. The van der Waals surface area contributed by atoms with Crippen molar-refractivity contribution in [2.75, 3.05) is 32.8 Å². The molecule has 0 radical (unpaired) electrons. The van der Waals surface area contributed by atoms with Crippen molar-refractivity contribution in [1.29, 1.82) is 0 Å². The number of hydrogen-bond donors (Lipinski definition) is 0. The van der Waals surface area contributed by atoms with Gasteiger partial charge in [0.25, 0.3) is 11.5 Å². The van der Waals surface area contributed by atoms with Crippen molar-refractivity contribution in [3.05, 3.63) is 70.3 Å². The molecule has 1 aromatic carbocycles. The fourth-order valence-corrected chi connectivity index (χ4v) is 4.09. The van der Waals surface area contributed by atoms with Crippen LogP contribution >= 0.6 is 0 Å². The van der Waals surface area contributed by atoms with Crippen LogP contribution in [0.1, 0.15) is 11.3 Å². The second-order valence-electron chi connectivity index (χ2n) is 7.94. The highest BCUT2D eigenvalue weighted by molar-refractivity contribution is 5.82. The zero-order chi connectivity index (χ0) is 21.4. The van der Waals surface area contributed by atoms with E-state index >= 15 is 0 Å². The van der Waals surface area contributed by atoms with E-state index < -0.39 is 6.10 Å². The zero-order valence-corrected chi connectivity index (χ0v) is 17.4. The van der Waals surface area contributed by atoms with Gasteiger partial charge >= 0.3 is 0 Å². The summed E-state index contributed by atoms with van der Waals surface area (Å²) in [6.45, 7) is 5.39. The van der Waals surface area contributed by atoms with Crippen molar-refractivity contribution in [2.24, 2.45) is 0 Å². The Balaban J connectivity index is 1.21. The van der Waals surface area contributed by atoms with Gasteiger partial charge in [0.2, 0.25) is 6.10 Å². The molecule has 0 N–H and O–H groups in total. The summed E-state index contributed by atoms with van der Waals surface area (Å²) in [5.74, 6) is 1.23. The van der Waals surface area contributed by atoms with Gasteiger partial charge in [0.1, 0.15) is 12.3 Å². The van der Waals surface area contributed by atoms with Gasteiger partial charge < -0.3 is 14.4 Å². The van der Waals surface area contributed by atoms with Crippen LogP contribution in [0.2, 0.25) is 0 Å². The Kier molecular flexibility index (Phi) is 5.07. The van der Waals surface area contributed by atoms with Crippen LogP contribution < -0.4 is 15.0 Å². The van der Waals surface area contributed by atoms with E-state index in [-0.39, 0.29) is 18.1 Å². The minimum Gasteiger partial charge on any atom is -0.485 e. The first kappa shape index (κ1) is 19.6. The summed E-state index contributed by atoms with van der Waals surface area (Å²) in [6, 6.07) is 12.8. The number of hydrogen-bond acceptors (Lipinski definition) is 6. The van der Waals surface area contributed by atoms with E-state index in [1.54, 1.807) is 16.7 Å². The molecule has 8 nitrogen and oxygen atoms in total. The maximum absolute atomic E-state index is 12.9. The van der Waals surface area contributed by atoms with Gasteiger partial charge in [-0.3, -0.25) is 18.9 Å². The number of aromatic nitrogens is 2. The van der Waals surface area contributed by atoms with Gasteiger partial charge in [-0.2, -0.15) is 0 Å². The summed E-state index contributed by atoms with van der Waals surface area (Å²) in [5.41, 5.74) is 2.33. The predicted octanol–water partition coefficient (Wildman–Crippen LogP) is 1.49. The van der Waals surface area contributed by atoms with E-state index in [0.717, 1.165) is 11.3 Å². The van der Waals surface area contributed by atoms with Crippen molar-refractivity contribution in [2.45, 2.75) is 19.6 Å². The topological polar surface area (TPSA) is 76.4 Å². The molecule has 8 heteroatoms. The van der Waals surface area contributed by atoms with Crippen LogP contribution in [0, 0.1) is 6.92 Å². The van der Waals surface area contributed by atoms with Crippen molar-refractivity contribution >= 4 is 11.6 Å². The molecule has 160 valence electrons. The van der Waals surface area contributed by atoms with Gasteiger partial charge in [0.05, 0.1) is 5.69 Å². The molecular formula is C23H24N4O4. The number of benzene rings is 1. The zero-order valence-electron chi connectivity index (χ0n) is 17.4. The van der Waals surface area contributed by atoms with Crippen LogP contribution in [0.25, 0.3) is 5.65 Å². The lowest BCUT2D eigenvalue weighted by Gasteiger charge is -2.37. The van der Waals surface area contributed by atoms with Crippen LogP contribution in [0.3, 0.4) is 0 Å². The van der Waals surface area contributed by atoms with Gasteiger partial charge in [-0.1, -0.05) is 18.2 Å². The first-order chi connectivity index (χ1) is 15.1. The van der Waals surface area contributed by atoms with Crippen molar-refractivity contribution in [3.63, 3.8) is 0 Å². The average Bonchev–Trinajstić information content (AvgIpc) is 2.79. The van der Waals surface area contributed by atoms with Gasteiger partial charge in [-0.25, -0.2) is 4.98 Å². The summed E-state index contributed by atoms with van der Waals surface area (Å²) in [4.78, 5) is 34.0. The van der Waals surface area contributed by atoms with Gasteiger partial charge in [-0.15, -0.1) is 0 Å². The van der Waals surface area contributed by atoms with E-state index in [2.05, 4.69) is 9.88 Å². The van der Waals surface area contributed by atoms with E-state index in [1.165, 1.54) is 0 Å². The second-order valence-corrected chi connectivity index (χ2v) is 7.94. The molecular weight excluding hydrogens is 396 g/mol. The minimum atomic E-state index is -0.619. The third-order valence-corrected chi connectivity index (χ3v) is 5.79. The number of pyridine rings is 1. The lowest BCUT2D eigenvalue weighted by molar-refractivity contribution is -0.143. The molecule has 4 heterocycles. The van der Waals surface area contributed by atoms with Crippen molar-refractivity contribution < 1.29 is 14.3 Å². The number of amides is 1. The Labute approximate surface area is 179 Å². The smallest absolute Gasteiger partial charge is 0.267 e. The largest absolute Gasteiger partial charge is 0.485 e. The van der Waals surface area contributed by atoms with E-state index in [0.29, 0.717) is 49.9 Å². The maximum Gasteiger partial charge on any atom is 0.267 e. The third-order valence-electron chi connectivity index (χ3n) is 5.79. The molecule has 0 unspecified atom stereocenters. The van der Waals surface area contributed by atoms with Gasteiger partial charge in [0, 0.05) is 45.0 Å². The highest BCUT2D eigenvalue weighted by atomic mass is 16.6. The molecule has 1 atom stereocenters. The number of fused-ring (bicyclic) bond motifs is 2. The van der Waals surface area contributed by atoms with E-state index in [1.807, 2.05) is 48.2 Å². The number of carbonyl (C=O) groups excluding carboxylic acids is 1. The van der Waals surface area contributed by atoms with E-state index in [4.69, 9.17) is 9.47 Å². The Morgan fingerprint density at radius 1 is 1.10 bits per heavy atom. The second kappa shape index (κ2) is 8.03. The molecule has 1 fully saturated rings. The molecule has 2 aromatic heterocycles. The third kappa shape index (κ3) is 3.86. The lowest BCUT2D eigenvalue weighted by atomic mass is 10.2. The summed E-state index contributed by atoms with van der Waals surface area (Å²) in [7, 11) is 0. The van der Waals surface area contributed by atoms with Crippen molar-refractivity contribution in [3.8, 4) is 11.5 Å². The molecule has 3 aromatic rings. The number of nitrogens with zero attached hydrogens (tertiary/aromatic N) is 4. The molecule has 31 heavy (non-hydrogen) atoms. The Morgan fingerprint density at radius 2 is 1.87 bits per heavy atom. The number of ether oxygens (including phenoxy) is 2. The average molecular weight is 420 g/mol. The standard InChI is InChI=1S/C23H24N4O4/c1-16-5-4-8-27-21(28)13-17(24-22(16)27)14-25-9-11-26(12-10-25)23(29)20-15-30-18-6-2-3-7-19(18)31-20/h2-8,13,20H,9-12,14-15H2,1H3/t20-/m1/s1. The predicted molar refractivity (Wildman–Crippen MR) is 114 cm³/mol. The van der Waals surface area contributed by atoms with Crippen LogP contribution in [-0.4, -0.2) is 64.0 Å². The van der Waals surface area contributed by atoms with Crippen LogP contribution in [-0.2, 0) is 11.3 Å². The number of para-hydroxylation sites is 2. The molecule has 5 rings (SSSR count). The summed E-state index contributed by atoms with van der Waals surface area (Å²) < 4.78 is 13.1. The van der Waals surface area contributed by atoms with E-state index in [9.17, 15) is 9.59 Å². The van der Waals surface area contributed by atoms with Crippen molar-refractivity contribution in [1.82, 2.24) is 19.2 Å². The Morgan fingerprint density at radius 3 is 2.68 bits per heavy atom. The molecule has 0 spiro atoms.